The van der Waals surface area contributed by atoms with Crippen molar-refractivity contribution in [3.8, 4) is 11.1 Å². The van der Waals surface area contributed by atoms with Gasteiger partial charge in [0.25, 0.3) is 0 Å². The van der Waals surface area contributed by atoms with Gasteiger partial charge in [0, 0.05) is 23.9 Å². The Balaban J connectivity index is 1.28. The predicted octanol–water partition coefficient (Wildman–Crippen LogP) is 4.06. The number of alkyl carbamates (subject to hydrolysis) is 1. The van der Waals surface area contributed by atoms with E-state index in [-0.39, 0.29) is 42.9 Å². The van der Waals surface area contributed by atoms with Crippen molar-refractivity contribution in [3.05, 3.63) is 59.7 Å². The zero-order chi connectivity index (χ0) is 23.4. The third kappa shape index (κ3) is 5.18. The lowest BCUT2D eigenvalue weighted by Crippen LogP contribution is -2.40. The molecule has 2 amide bonds. The molecular formula is C26H30N2O5. The molecule has 1 saturated carbocycles. The zero-order valence-corrected chi connectivity index (χ0v) is 18.8. The number of aliphatic carboxylic acids is 1. The monoisotopic (exact) mass is 450 g/mol. The number of carboxylic acid groups (broad SMARTS) is 1. The molecule has 0 aliphatic heterocycles. The first-order valence-corrected chi connectivity index (χ1v) is 11.6. The van der Waals surface area contributed by atoms with Crippen molar-refractivity contribution in [1.29, 1.82) is 0 Å². The van der Waals surface area contributed by atoms with Crippen LogP contribution in [0.2, 0.25) is 0 Å². The highest BCUT2D eigenvalue weighted by atomic mass is 16.5. The van der Waals surface area contributed by atoms with E-state index in [1.165, 1.54) is 11.1 Å². The summed E-state index contributed by atoms with van der Waals surface area (Å²) in [5, 5.41) is 14.7. The van der Waals surface area contributed by atoms with Crippen molar-refractivity contribution in [2.75, 3.05) is 6.61 Å². The number of carbonyl (C=O) groups excluding carboxylic acids is 2. The van der Waals surface area contributed by atoms with E-state index in [0.717, 1.165) is 11.1 Å². The number of benzene rings is 2. The van der Waals surface area contributed by atoms with E-state index in [4.69, 9.17) is 9.84 Å². The molecule has 2 aliphatic carbocycles. The standard InChI is InChI=1S/C26H30N2O5/c1-2-17(14-24(29)30)27-25(31)16-11-12-18(13-16)28-26(32)33-15-23-21-9-5-3-7-19(21)20-8-4-6-10-22(20)23/h3-10,16-18,23H,2,11-15H2,1H3,(H,27,31)(H,28,32)(H,29,30)/t16-,17-,18+/m0/s1. The summed E-state index contributed by atoms with van der Waals surface area (Å²) in [6, 6.07) is 15.9. The molecule has 2 aromatic rings. The number of ether oxygens (including phenoxy) is 1. The van der Waals surface area contributed by atoms with Crippen molar-refractivity contribution in [2.45, 2.75) is 57.0 Å². The summed E-state index contributed by atoms with van der Waals surface area (Å²) in [6.45, 7) is 2.11. The summed E-state index contributed by atoms with van der Waals surface area (Å²) in [5.74, 6) is -1.29. The van der Waals surface area contributed by atoms with Gasteiger partial charge in [0.15, 0.2) is 0 Å². The van der Waals surface area contributed by atoms with Crippen molar-refractivity contribution in [2.24, 2.45) is 5.92 Å². The van der Waals surface area contributed by atoms with Gasteiger partial charge < -0.3 is 20.5 Å². The van der Waals surface area contributed by atoms with Gasteiger partial charge in [-0.15, -0.1) is 0 Å². The smallest absolute Gasteiger partial charge is 0.407 e. The highest BCUT2D eigenvalue weighted by Gasteiger charge is 2.33. The van der Waals surface area contributed by atoms with E-state index in [1.807, 2.05) is 31.2 Å². The maximum Gasteiger partial charge on any atom is 0.407 e. The number of rotatable bonds is 8. The molecule has 1 fully saturated rings. The van der Waals surface area contributed by atoms with Gasteiger partial charge in [-0.2, -0.15) is 0 Å². The van der Waals surface area contributed by atoms with Gasteiger partial charge in [0.05, 0.1) is 6.42 Å². The van der Waals surface area contributed by atoms with Crippen LogP contribution >= 0.6 is 0 Å². The van der Waals surface area contributed by atoms with Crippen molar-refractivity contribution < 1.29 is 24.2 Å². The van der Waals surface area contributed by atoms with Gasteiger partial charge in [0.2, 0.25) is 5.91 Å². The van der Waals surface area contributed by atoms with Crippen LogP contribution in [0.25, 0.3) is 11.1 Å². The SMILES string of the molecule is CC[C@@H](CC(=O)O)NC(=O)[C@H]1CC[C@@H](NC(=O)OCC2c3ccccc3-c3ccccc32)C1. The molecule has 2 aliphatic rings. The average molecular weight is 451 g/mol. The Labute approximate surface area is 193 Å². The molecule has 0 saturated heterocycles. The number of nitrogens with one attached hydrogen (secondary N) is 2. The van der Waals surface area contributed by atoms with Crippen LogP contribution in [0.3, 0.4) is 0 Å². The quantitative estimate of drug-likeness (QED) is 0.563. The van der Waals surface area contributed by atoms with Gasteiger partial charge in [-0.1, -0.05) is 55.5 Å². The minimum atomic E-state index is -0.927. The van der Waals surface area contributed by atoms with E-state index >= 15 is 0 Å². The van der Waals surface area contributed by atoms with Crippen LogP contribution in [0.15, 0.2) is 48.5 Å². The summed E-state index contributed by atoms with van der Waals surface area (Å²) in [6.07, 6.45) is 1.88. The number of carboxylic acids is 1. The molecule has 3 N–H and O–H groups in total. The van der Waals surface area contributed by atoms with Crippen LogP contribution < -0.4 is 10.6 Å². The highest BCUT2D eigenvalue weighted by molar-refractivity contribution is 5.81. The second-order valence-electron chi connectivity index (χ2n) is 8.89. The Morgan fingerprint density at radius 1 is 1.03 bits per heavy atom. The molecule has 33 heavy (non-hydrogen) atoms. The maximum atomic E-state index is 12.5. The van der Waals surface area contributed by atoms with Crippen LogP contribution in [-0.4, -0.2) is 41.8 Å². The van der Waals surface area contributed by atoms with Crippen LogP contribution in [-0.2, 0) is 14.3 Å². The molecule has 7 nitrogen and oxygen atoms in total. The van der Waals surface area contributed by atoms with Crippen molar-refractivity contribution >= 4 is 18.0 Å². The second kappa shape index (κ2) is 10.1. The Morgan fingerprint density at radius 2 is 1.67 bits per heavy atom. The summed E-state index contributed by atoms with van der Waals surface area (Å²) < 4.78 is 5.61. The number of hydrogen-bond acceptors (Lipinski definition) is 4. The first-order chi connectivity index (χ1) is 16.0. The van der Waals surface area contributed by atoms with E-state index in [9.17, 15) is 14.4 Å². The Bertz CT molecular complexity index is 991. The van der Waals surface area contributed by atoms with Crippen LogP contribution in [0, 0.1) is 5.92 Å². The molecule has 0 heterocycles. The molecule has 7 heteroatoms. The minimum absolute atomic E-state index is 0.00506. The molecule has 3 atom stereocenters. The highest BCUT2D eigenvalue weighted by Crippen LogP contribution is 2.44. The van der Waals surface area contributed by atoms with E-state index in [1.54, 1.807) is 0 Å². The molecule has 0 radical (unpaired) electrons. The van der Waals surface area contributed by atoms with Gasteiger partial charge in [0.1, 0.15) is 6.61 Å². The lowest BCUT2D eigenvalue weighted by atomic mass is 9.98. The Morgan fingerprint density at radius 3 is 2.27 bits per heavy atom. The summed E-state index contributed by atoms with van der Waals surface area (Å²) in [5.41, 5.74) is 4.69. The molecule has 2 aromatic carbocycles. The first kappa shape index (κ1) is 22.8. The van der Waals surface area contributed by atoms with E-state index in [0.29, 0.717) is 25.7 Å². The molecule has 4 rings (SSSR count). The lowest BCUT2D eigenvalue weighted by Gasteiger charge is -2.19. The van der Waals surface area contributed by atoms with Crippen molar-refractivity contribution in [3.63, 3.8) is 0 Å². The topological polar surface area (TPSA) is 105 Å². The predicted molar refractivity (Wildman–Crippen MR) is 124 cm³/mol. The minimum Gasteiger partial charge on any atom is -0.481 e. The van der Waals surface area contributed by atoms with Crippen LogP contribution in [0.4, 0.5) is 4.79 Å². The van der Waals surface area contributed by atoms with Crippen LogP contribution in [0.5, 0.6) is 0 Å². The molecule has 0 aromatic heterocycles. The summed E-state index contributed by atoms with van der Waals surface area (Å²) in [4.78, 5) is 35.9. The summed E-state index contributed by atoms with van der Waals surface area (Å²) >= 11 is 0. The normalized spacial score (nSPS) is 19.9. The molecule has 0 unspecified atom stereocenters. The summed E-state index contributed by atoms with van der Waals surface area (Å²) in [7, 11) is 0. The fraction of sp³-hybridized carbons (Fsp3) is 0.423. The number of carbonyl (C=O) groups is 3. The molecular weight excluding hydrogens is 420 g/mol. The first-order valence-electron chi connectivity index (χ1n) is 11.6. The number of amides is 2. The fourth-order valence-corrected chi connectivity index (χ4v) is 4.98. The van der Waals surface area contributed by atoms with E-state index < -0.39 is 12.1 Å². The second-order valence-corrected chi connectivity index (χ2v) is 8.89. The Kier molecular flexibility index (Phi) is 6.96. The largest absolute Gasteiger partial charge is 0.481 e. The molecule has 0 bridgehead atoms. The third-order valence-electron chi connectivity index (χ3n) is 6.73. The van der Waals surface area contributed by atoms with Gasteiger partial charge >= 0.3 is 12.1 Å². The fourth-order valence-electron chi connectivity index (χ4n) is 4.98. The lowest BCUT2D eigenvalue weighted by molar-refractivity contribution is -0.137. The number of hydrogen-bond donors (Lipinski definition) is 3. The number of fused-ring (bicyclic) bond motifs is 3. The van der Waals surface area contributed by atoms with Crippen molar-refractivity contribution in [1.82, 2.24) is 10.6 Å². The van der Waals surface area contributed by atoms with Gasteiger partial charge in [-0.25, -0.2) is 4.79 Å². The zero-order valence-electron chi connectivity index (χ0n) is 18.8. The maximum absolute atomic E-state index is 12.5. The Hall–Kier alpha value is -3.35. The molecule has 174 valence electrons. The van der Waals surface area contributed by atoms with Gasteiger partial charge in [-0.3, -0.25) is 9.59 Å². The molecule has 0 spiro atoms. The van der Waals surface area contributed by atoms with Crippen LogP contribution in [0.1, 0.15) is 56.1 Å². The third-order valence-corrected chi connectivity index (χ3v) is 6.73. The van der Waals surface area contributed by atoms with Gasteiger partial charge in [-0.05, 0) is 47.9 Å². The van der Waals surface area contributed by atoms with E-state index in [2.05, 4.69) is 34.9 Å². The average Bonchev–Trinajstić information content (AvgIpc) is 3.39.